The number of halogens is 1. The average Bonchev–Trinajstić information content (AvgIpc) is 2.12. The van der Waals surface area contributed by atoms with E-state index in [4.69, 9.17) is 16.3 Å². The monoisotopic (exact) mass is 158 g/mol. The highest BCUT2D eigenvalue weighted by Crippen LogP contribution is 2.27. The Balaban J connectivity index is 2.23. The summed E-state index contributed by atoms with van der Waals surface area (Å²) in [6.45, 7) is 1.53. The molecule has 10 heavy (non-hydrogen) atoms. The largest absolute Gasteiger partial charge is 0.380 e. The second-order valence-electron chi connectivity index (χ2n) is 2.37. The van der Waals surface area contributed by atoms with Crippen molar-refractivity contribution in [2.75, 3.05) is 13.2 Å². The van der Waals surface area contributed by atoms with Crippen molar-refractivity contribution in [1.29, 1.82) is 0 Å². The van der Waals surface area contributed by atoms with Crippen LogP contribution in [0, 0.1) is 0 Å². The number of hydrogen-bond acceptors (Lipinski definition) is 2. The van der Waals surface area contributed by atoms with Gasteiger partial charge in [-0.05, 0) is 0 Å². The predicted octanol–water partition coefficient (Wildman–Crippen LogP) is 1.18. The minimum atomic E-state index is 0.440. The second-order valence-corrected chi connectivity index (χ2v) is 2.77. The molecule has 1 fully saturated rings. The van der Waals surface area contributed by atoms with Gasteiger partial charge >= 0.3 is 0 Å². The summed E-state index contributed by atoms with van der Waals surface area (Å²) in [5.74, 6) is 0.440. The van der Waals surface area contributed by atoms with Crippen molar-refractivity contribution in [2.24, 2.45) is 0 Å². The van der Waals surface area contributed by atoms with Gasteiger partial charge in [-0.1, -0.05) is 11.6 Å². The summed E-state index contributed by atoms with van der Waals surface area (Å²) in [7, 11) is 0. The average molecular weight is 159 g/mol. The number of aromatic amines is 1. The Bertz CT molecular complexity index is 231. The highest BCUT2D eigenvalue weighted by molar-refractivity contribution is 6.31. The zero-order valence-electron chi connectivity index (χ0n) is 5.30. The smallest absolute Gasteiger partial charge is 0.0819 e. The van der Waals surface area contributed by atoms with Gasteiger partial charge < -0.3 is 4.74 Å². The fraction of sp³-hybridized carbons (Fsp3) is 0.500. The molecule has 1 aliphatic rings. The molecule has 2 heterocycles. The van der Waals surface area contributed by atoms with E-state index < -0.39 is 0 Å². The maximum Gasteiger partial charge on any atom is 0.0819 e. The van der Waals surface area contributed by atoms with Gasteiger partial charge in [0.2, 0.25) is 0 Å². The summed E-state index contributed by atoms with van der Waals surface area (Å²) in [4.78, 5) is 0. The van der Waals surface area contributed by atoms with Crippen LogP contribution in [0.25, 0.3) is 0 Å². The van der Waals surface area contributed by atoms with Gasteiger partial charge in [0.1, 0.15) is 0 Å². The first kappa shape index (κ1) is 6.19. The fourth-order valence-electron chi connectivity index (χ4n) is 0.970. The SMILES string of the molecule is Clc1cn[nH]c1C1COC1. The maximum absolute atomic E-state index is 5.80. The molecule has 54 valence electrons. The van der Waals surface area contributed by atoms with Crippen molar-refractivity contribution in [3.63, 3.8) is 0 Å². The predicted molar refractivity (Wildman–Crippen MR) is 37.2 cm³/mol. The first-order chi connectivity index (χ1) is 4.88. The molecule has 0 atom stereocenters. The lowest BCUT2D eigenvalue weighted by molar-refractivity contribution is 0.00673. The summed E-state index contributed by atoms with van der Waals surface area (Å²) in [6, 6.07) is 0. The van der Waals surface area contributed by atoms with E-state index in [0.29, 0.717) is 10.9 Å². The summed E-state index contributed by atoms with van der Waals surface area (Å²) in [5.41, 5.74) is 1.01. The Labute approximate surface area is 63.3 Å². The molecule has 0 saturated carbocycles. The van der Waals surface area contributed by atoms with Gasteiger partial charge in [0, 0.05) is 5.92 Å². The maximum atomic E-state index is 5.80. The van der Waals surface area contributed by atoms with E-state index in [1.54, 1.807) is 6.20 Å². The Morgan fingerprint density at radius 1 is 1.70 bits per heavy atom. The summed E-state index contributed by atoms with van der Waals surface area (Å²) in [5, 5.41) is 7.37. The number of aromatic nitrogens is 2. The first-order valence-electron chi connectivity index (χ1n) is 3.14. The van der Waals surface area contributed by atoms with E-state index in [-0.39, 0.29) is 0 Å². The van der Waals surface area contributed by atoms with Crippen molar-refractivity contribution < 1.29 is 4.74 Å². The van der Waals surface area contributed by atoms with Crippen LogP contribution < -0.4 is 0 Å². The Hall–Kier alpha value is -0.540. The molecule has 0 bridgehead atoms. The van der Waals surface area contributed by atoms with Crippen molar-refractivity contribution in [1.82, 2.24) is 10.2 Å². The molecule has 0 radical (unpaired) electrons. The molecule has 1 N–H and O–H groups in total. The molecule has 0 aromatic carbocycles. The van der Waals surface area contributed by atoms with Gasteiger partial charge in [-0.3, -0.25) is 5.10 Å². The van der Waals surface area contributed by atoms with Crippen LogP contribution in [0.15, 0.2) is 6.20 Å². The van der Waals surface area contributed by atoms with Gasteiger partial charge in [0.05, 0.1) is 30.1 Å². The highest BCUT2D eigenvalue weighted by Gasteiger charge is 2.23. The molecule has 1 aromatic heterocycles. The Kier molecular flexibility index (Phi) is 1.39. The van der Waals surface area contributed by atoms with Gasteiger partial charge in [0.25, 0.3) is 0 Å². The van der Waals surface area contributed by atoms with E-state index in [1.807, 2.05) is 0 Å². The number of nitrogens with zero attached hydrogens (tertiary/aromatic N) is 1. The third kappa shape index (κ3) is 0.822. The fourth-order valence-corrected chi connectivity index (χ4v) is 1.22. The standard InChI is InChI=1S/C6H7ClN2O/c7-5-1-8-9-6(5)4-2-10-3-4/h1,4H,2-3H2,(H,8,9). The van der Waals surface area contributed by atoms with Crippen LogP contribution >= 0.6 is 11.6 Å². The summed E-state index contributed by atoms with van der Waals surface area (Å²) in [6.07, 6.45) is 1.62. The zero-order chi connectivity index (χ0) is 6.97. The molecule has 0 unspecified atom stereocenters. The van der Waals surface area contributed by atoms with E-state index in [2.05, 4.69) is 10.2 Å². The lowest BCUT2D eigenvalue weighted by atomic mass is 10.1. The van der Waals surface area contributed by atoms with Crippen LogP contribution in [0.3, 0.4) is 0 Å². The van der Waals surface area contributed by atoms with E-state index >= 15 is 0 Å². The molecule has 0 amide bonds. The number of ether oxygens (including phenoxy) is 1. The summed E-state index contributed by atoms with van der Waals surface area (Å²) < 4.78 is 5.01. The Morgan fingerprint density at radius 2 is 2.50 bits per heavy atom. The van der Waals surface area contributed by atoms with Gasteiger partial charge in [-0.2, -0.15) is 5.10 Å². The number of nitrogens with one attached hydrogen (secondary N) is 1. The third-order valence-corrected chi connectivity index (χ3v) is 1.97. The number of hydrogen-bond donors (Lipinski definition) is 1. The molecule has 0 aliphatic carbocycles. The highest BCUT2D eigenvalue weighted by atomic mass is 35.5. The third-order valence-electron chi connectivity index (χ3n) is 1.67. The lowest BCUT2D eigenvalue weighted by Crippen LogP contribution is -2.25. The van der Waals surface area contributed by atoms with Crippen molar-refractivity contribution >= 4 is 11.6 Å². The van der Waals surface area contributed by atoms with Crippen LogP contribution in [0.1, 0.15) is 11.6 Å². The first-order valence-corrected chi connectivity index (χ1v) is 3.52. The second kappa shape index (κ2) is 2.25. The van der Waals surface area contributed by atoms with Gasteiger partial charge in [-0.25, -0.2) is 0 Å². The number of rotatable bonds is 1. The number of H-pyrrole nitrogens is 1. The van der Waals surface area contributed by atoms with Crippen molar-refractivity contribution in [3.8, 4) is 0 Å². The topological polar surface area (TPSA) is 37.9 Å². The molecule has 0 spiro atoms. The van der Waals surface area contributed by atoms with E-state index in [9.17, 15) is 0 Å². The van der Waals surface area contributed by atoms with Crippen molar-refractivity contribution in [3.05, 3.63) is 16.9 Å². The van der Waals surface area contributed by atoms with Crippen LogP contribution in [-0.2, 0) is 4.74 Å². The molecule has 2 rings (SSSR count). The lowest BCUT2D eigenvalue weighted by Gasteiger charge is -2.24. The minimum absolute atomic E-state index is 0.440. The molecular weight excluding hydrogens is 152 g/mol. The minimum Gasteiger partial charge on any atom is -0.380 e. The van der Waals surface area contributed by atoms with Gasteiger partial charge in [-0.15, -0.1) is 0 Å². The van der Waals surface area contributed by atoms with Crippen molar-refractivity contribution in [2.45, 2.75) is 5.92 Å². The summed E-state index contributed by atoms with van der Waals surface area (Å²) >= 11 is 5.80. The normalized spacial score (nSPS) is 18.9. The molecular formula is C6H7ClN2O. The van der Waals surface area contributed by atoms with Crippen LogP contribution in [0.5, 0.6) is 0 Å². The quantitative estimate of drug-likeness (QED) is 0.667. The zero-order valence-corrected chi connectivity index (χ0v) is 6.06. The van der Waals surface area contributed by atoms with E-state index in [1.165, 1.54) is 0 Å². The van der Waals surface area contributed by atoms with E-state index in [0.717, 1.165) is 18.9 Å². The Morgan fingerprint density at radius 3 is 2.90 bits per heavy atom. The van der Waals surface area contributed by atoms with Crippen LogP contribution in [0.4, 0.5) is 0 Å². The molecule has 1 aliphatic heterocycles. The molecule has 4 heteroatoms. The van der Waals surface area contributed by atoms with Crippen LogP contribution in [0.2, 0.25) is 5.02 Å². The molecule has 3 nitrogen and oxygen atoms in total. The molecule has 1 aromatic rings. The molecule has 1 saturated heterocycles. The van der Waals surface area contributed by atoms with Gasteiger partial charge in [0.15, 0.2) is 0 Å². The van der Waals surface area contributed by atoms with Crippen LogP contribution in [-0.4, -0.2) is 23.4 Å².